The van der Waals surface area contributed by atoms with Crippen LogP contribution in [0.1, 0.15) is 13.8 Å². The number of halogens is 3. The number of benzene rings is 2. The number of nitrogens with one attached hydrogen (secondary N) is 1. The standard InChI is InChI=1S/C20H21Cl2FN4O2/c1-20(2,19(24)29)25-15-10-27(14-7-11(21)6-12(22)8-14)16-5-4-13(23)9-17(16)26(3)18(15)28/h4-9,15,25H,10H2,1-3H3,(H2,24,29)/t15-/m1/s1. The number of carbonyl (C=O) groups excluding carboxylic acids is 2. The molecule has 3 N–H and O–H groups in total. The SMILES string of the molecule is CN1C(=O)[C@H](NC(C)(C)C(N)=O)CN(c2cc(Cl)cc(Cl)c2)c2ccc(F)cc21. The highest BCUT2D eigenvalue weighted by molar-refractivity contribution is 6.35. The number of nitrogens with two attached hydrogens (primary N) is 1. The highest BCUT2D eigenvalue weighted by atomic mass is 35.5. The van der Waals surface area contributed by atoms with E-state index in [1.165, 1.54) is 17.0 Å². The third kappa shape index (κ3) is 4.32. The van der Waals surface area contributed by atoms with Crippen LogP contribution in [-0.4, -0.2) is 37.0 Å². The summed E-state index contributed by atoms with van der Waals surface area (Å²) in [6.45, 7) is 3.34. The van der Waals surface area contributed by atoms with Gasteiger partial charge in [-0.05, 0) is 50.2 Å². The van der Waals surface area contributed by atoms with E-state index in [1.54, 1.807) is 45.2 Å². The van der Waals surface area contributed by atoms with Crippen molar-refractivity contribution in [2.45, 2.75) is 25.4 Å². The Kier molecular flexibility index (Phi) is 5.76. The number of fused-ring (bicyclic) bond motifs is 1. The number of carbonyl (C=O) groups is 2. The van der Waals surface area contributed by atoms with Crippen molar-refractivity contribution in [3.63, 3.8) is 0 Å². The molecule has 2 aromatic carbocycles. The van der Waals surface area contributed by atoms with Crippen LogP contribution in [0.5, 0.6) is 0 Å². The van der Waals surface area contributed by atoms with Crippen LogP contribution in [0.3, 0.4) is 0 Å². The summed E-state index contributed by atoms with van der Waals surface area (Å²) < 4.78 is 14.0. The number of likely N-dealkylation sites (N-methyl/N-ethyl adjacent to an activating group) is 1. The maximum Gasteiger partial charge on any atom is 0.245 e. The maximum absolute atomic E-state index is 14.0. The highest BCUT2D eigenvalue weighted by Crippen LogP contribution is 2.39. The fourth-order valence-electron chi connectivity index (χ4n) is 3.26. The Hall–Kier alpha value is -2.35. The van der Waals surface area contributed by atoms with Gasteiger partial charge >= 0.3 is 0 Å². The van der Waals surface area contributed by atoms with Crippen LogP contribution in [0.2, 0.25) is 10.0 Å². The van der Waals surface area contributed by atoms with Gasteiger partial charge in [0.2, 0.25) is 11.8 Å². The number of hydrogen-bond donors (Lipinski definition) is 2. The van der Waals surface area contributed by atoms with Crippen LogP contribution in [0, 0.1) is 5.82 Å². The molecule has 0 radical (unpaired) electrons. The maximum atomic E-state index is 14.0. The molecule has 0 unspecified atom stereocenters. The fraction of sp³-hybridized carbons (Fsp3) is 0.300. The monoisotopic (exact) mass is 438 g/mol. The lowest BCUT2D eigenvalue weighted by molar-refractivity contribution is -0.125. The average Bonchev–Trinajstić information content (AvgIpc) is 2.71. The lowest BCUT2D eigenvalue weighted by atomic mass is 10.0. The first kappa shape index (κ1) is 21.4. The van der Waals surface area contributed by atoms with Gasteiger partial charge in [0.1, 0.15) is 11.9 Å². The molecule has 0 aliphatic carbocycles. The molecule has 0 aromatic heterocycles. The van der Waals surface area contributed by atoms with Crippen LogP contribution < -0.4 is 20.9 Å². The largest absolute Gasteiger partial charge is 0.368 e. The van der Waals surface area contributed by atoms with Crippen LogP contribution in [0.4, 0.5) is 21.5 Å². The molecule has 1 heterocycles. The predicted molar refractivity (Wildman–Crippen MR) is 113 cm³/mol. The van der Waals surface area contributed by atoms with Crippen molar-refractivity contribution in [1.82, 2.24) is 5.32 Å². The number of anilines is 3. The van der Waals surface area contributed by atoms with E-state index in [0.29, 0.717) is 27.1 Å². The third-order valence-corrected chi connectivity index (χ3v) is 5.33. The zero-order valence-electron chi connectivity index (χ0n) is 16.2. The number of hydrogen-bond acceptors (Lipinski definition) is 4. The van der Waals surface area contributed by atoms with E-state index in [-0.39, 0.29) is 12.5 Å². The second-order valence-corrected chi connectivity index (χ2v) is 8.33. The van der Waals surface area contributed by atoms with Crippen molar-refractivity contribution in [2.24, 2.45) is 5.73 Å². The molecule has 1 atom stereocenters. The Morgan fingerprint density at radius 1 is 1.17 bits per heavy atom. The van der Waals surface area contributed by atoms with Gasteiger partial charge in [0.15, 0.2) is 0 Å². The third-order valence-electron chi connectivity index (χ3n) is 4.89. The fourth-order valence-corrected chi connectivity index (χ4v) is 3.77. The molecule has 0 saturated heterocycles. The van der Waals surface area contributed by atoms with Crippen LogP contribution >= 0.6 is 23.2 Å². The lowest BCUT2D eigenvalue weighted by Crippen LogP contribution is -2.60. The summed E-state index contributed by atoms with van der Waals surface area (Å²) >= 11 is 12.4. The van der Waals surface area contributed by atoms with Crippen molar-refractivity contribution in [3.8, 4) is 0 Å². The second kappa shape index (κ2) is 7.82. The summed E-state index contributed by atoms with van der Waals surface area (Å²) in [6, 6.07) is 8.38. The molecule has 3 rings (SSSR count). The van der Waals surface area contributed by atoms with Crippen molar-refractivity contribution >= 4 is 52.1 Å². The first-order valence-corrected chi connectivity index (χ1v) is 9.63. The molecule has 9 heteroatoms. The Morgan fingerprint density at radius 3 is 2.38 bits per heavy atom. The number of rotatable bonds is 4. The summed E-state index contributed by atoms with van der Waals surface area (Å²) in [5.74, 6) is -1.41. The van der Waals surface area contributed by atoms with Gasteiger partial charge in [0.25, 0.3) is 0 Å². The van der Waals surface area contributed by atoms with E-state index >= 15 is 0 Å². The van der Waals surface area contributed by atoms with Gasteiger partial charge in [-0.3, -0.25) is 14.9 Å². The molecule has 2 aromatic rings. The highest BCUT2D eigenvalue weighted by Gasteiger charge is 2.37. The minimum atomic E-state index is -1.14. The molecule has 2 amide bonds. The van der Waals surface area contributed by atoms with Gasteiger partial charge in [0.05, 0.1) is 16.9 Å². The van der Waals surface area contributed by atoms with Gasteiger partial charge in [-0.2, -0.15) is 0 Å². The summed E-state index contributed by atoms with van der Waals surface area (Å²) in [6.07, 6.45) is 0. The van der Waals surface area contributed by atoms with Crippen LogP contribution in [-0.2, 0) is 9.59 Å². The number of nitrogens with zero attached hydrogens (tertiary/aromatic N) is 2. The van der Waals surface area contributed by atoms with Crippen molar-refractivity contribution in [2.75, 3.05) is 23.4 Å². The minimum absolute atomic E-state index is 0.148. The molecule has 29 heavy (non-hydrogen) atoms. The molecular weight excluding hydrogens is 418 g/mol. The van der Waals surface area contributed by atoms with E-state index < -0.39 is 23.3 Å². The van der Waals surface area contributed by atoms with Gasteiger partial charge in [0, 0.05) is 29.3 Å². The molecule has 6 nitrogen and oxygen atoms in total. The van der Waals surface area contributed by atoms with E-state index in [0.717, 1.165) is 0 Å². The van der Waals surface area contributed by atoms with Gasteiger partial charge in [-0.1, -0.05) is 23.2 Å². The van der Waals surface area contributed by atoms with Gasteiger partial charge < -0.3 is 15.5 Å². The smallest absolute Gasteiger partial charge is 0.245 e. The lowest BCUT2D eigenvalue weighted by Gasteiger charge is -2.31. The Labute approximate surface area is 178 Å². The second-order valence-electron chi connectivity index (χ2n) is 7.45. The van der Waals surface area contributed by atoms with E-state index in [9.17, 15) is 14.0 Å². The normalized spacial score (nSPS) is 17.2. The first-order chi connectivity index (χ1) is 13.5. The quantitative estimate of drug-likeness (QED) is 0.765. The molecule has 154 valence electrons. The molecular formula is C20H21Cl2FN4O2. The van der Waals surface area contributed by atoms with Crippen LogP contribution in [0.15, 0.2) is 36.4 Å². The van der Waals surface area contributed by atoms with Gasteiger partial charge in [-0.15, -0.1) is 0 Å². The number of primary amides is 1. The zero-order valence-corrected chi connectivity index (χ0v) is 17.7. The van der Waals surface area contributed by atoms with E-state index in [1.807, 2.05) is 4.90 Å². The average molecular weight is 439 g/mol. The van der Waals surface area contributed by atoms with E-state index in [2.05, 4.69) is 5.32 Å². The van der Waals surface area contributed by atoms with Crippen molar-refractivity contribution in [3.05, 3.63) is 52.3 Å². The summed E-state index contributed by atoms with van der Waals surface area (Å²) in [5, 5.41) is 3.86. The molecule has 0 saturated carbocycles. The minimum Gasteiger partial charge on any atom is -0.368 e. The Morgan fingerprint density at radius 2 is 1.79 bits per heavy atom. The zero-order chi connectivity index (χ0) is 21.5. The van der Waals surface area contributed by atoms with Gasteiger partial charge in [-0.25, -0.2) is 4.39 Å². The molecule has 1 aliphatic heterocycles. The predicted octanol–water partition coefficient (Wildman–Crippen LogP) is 3.47. The molecule has 0 spiro atoms. The van der Waals surface area contributed by atoms with E-state index in [4.69, 9.17) is 28.9 Å². The molecule has 0 bridgehead atoms. The van der Waals surface area contributed by atoms with Crippen molar-refractivity contribution in [1.29, 1.82) is 0 Å². The first-order valence-electron chi connectivity index (χ1n) is 8.88. The number of amides is 2. The summed E-state index contributed by atoms with van der Waals surface area (Å²) in [5.41, 5.74) is 5.94. The Balaban J connectivity index is 2.15. The summed E-state index contributed by atoms with van der Waals surface area (Å²) in [7, 11) is 1.56. The summed E-state index contributed by atoms with van der Waals surface area (Å²) in [4.78, 5) is 28.1. The molecule has 1 aliphatic rings. The van der Waals surface area contributed by atoms with Crippen molar-refractivity contribution < 1.29 is 14.0 Å². The topological polar surface area (TPSA) is 78.7 Å². The Bertz CT molecular complexity index is 963. The van der Waals surface area contributed by atoms with Crippen LogP contribution in [0.25, 0.3) is 0 Å². The molecule has 0 fully saturated rings.